The van der Waals surface area contributed by atoms with Crippen LogP contribution >= 0.6 is 0 Å². The van der Waals surface area contributed by atoms with Crippen molar-refractivity contribution in [3.63, 3.8) is 0 Å². The van der Waals surface area contributed by atoms with Crippen LogP contribution < -0.4 is 16.1 Å². The lowest BCUT2D eigenvalue weighted by Crippen LogP contribution is -2.39. The fourth-order valence-electron chi connectivity index (χ4n) is 3.83. The zero-order chi connectivity index (χ0) is 21.6. The molecule has 9 nitrogen and oxygen atoms in total. The van der Waals surface area contributed by atoms with Crippen molar-refractivity contribution in [1.29, 1.82) is 0 Å². The first-order valence-electron chi connectivity index (χ1n) is 9.92. The van der Waals surface area contributed by atoms with Crippen LogP contribution in [0.5, 0.6) is 0 Å². The van der Waals surface area contributed by atoms with Crippen molar-refractivity contribution in [1.82, 2.24) is 18.7 Å². The molecule has 0 spiro atoms. The maximum absolute atomic E-state index is 13.3. The van der Waals surface area contributed by atoms with Gasteiger partial charge in [0.2, 0.25) is 5.95 Å². The summed E-state index contributed by atoms with van der Waals surface area (Å²) >= 11 is 0. The van der Waals surface area contributed by atoms with Crippen molar-refractivity contribution in [3.05, 3.63) is 56.2 Å². The predicted molar refractivity (Wildman–Crippen MR) is 113 cm³/mol. The summed E-state index contributed by atoms with van der Waals surface area (Å²) in [6.45, 7) is 5.95. The Morgan fingerprint density at radius 1 is 1.07 bits per heavy atom. The lowest BCUT2D eigenvalue weighted by atomic mass is 10.0. The van der Waals surface area contributed by atoms with Gasteiger partial charge in [0.1, 0.15) is 0 Å². The van der Waals surface area contributed by atoms with Gasteiger partial charge in [0.05, 0.1) is 19.3 Å². The van der Waals surface area contributed by atoms with Gasteiger partial charge in [0.25, 0.3) is 5.56 Å². The average Bonchev–Trinajstić information content (AvgIpc) is 3.17. The largest absolute Gasteiger partial charge is 0.378 e. The Hall–Kier alpha value is -3.20. The van der Waals surface area contributed by atoms with Crippen molar-refractivity contribution in [2.45, 2.75) is 19.9 Å². The minimum Gasteiger partial charge on any atom is -0.378 e. The lowest BCUT2D eigenvalue weighted by molar-refractivity contribution is 0.0935. The van der Waals surface area contributed by atoms with E-state index in [0.29, 0.717) is 37.8 Å². The summed E-state index contributed by atoms with van der Waals surface area (Å²) in [5, 5.41) is 0. The van der Waals surface area contributed by atoms with Gasteiger partial charge in [-0.3, -0.25) is 23.3 Å². The number of fused-ring (bicyclic) bond motifs is 1. The van der Waals surface area contributed by atoms with Crippen LogP contribution in [0, 0.1) is 6.92 Å². The summed E-state index contributed by atoms with van der Waals surface area (Å²) in [6, 6.07) is 6.67. The Balaban J connectivity index is 1.95. The van der Waals surface area contributed by atoms with E-state index in [4.69, 9.17) is 4.74 Å². The third-order valence-electron chi connectivity index (χ3n) is 5.67. The summed E-state index contributed by atoms with van der Waals surface area (Å²) in [4.78, 5) is 45.4. The first-order chi connectivity index (χ1) is 14.3. The molecule has 1 fully saturated rings. The molecule has 1 aliphatic heterocycles. The maximum atomic E-state index is 13.3. The van der Waals surface area contributed by atoms with Crippen LogP contribution in [0.15, 0.2) is 33.9 Å². The second kappa shape index (κ2) is 7.56. The van der Waals surface area contributed by atoms with Crippen molar-refractivity contribution in [2.75, 3.05) is 31.2 Å². The smallest absolute Gasteiger partial charge is 0.332 e. The molecule has 0 saturated carbocycles. The number of carbonyl (C=O) groups is 1. The van der Waals surface area contributed by atoms with E-state index in [2.05, 4.69) is 4.98 Å². The number of ketones is 1. The van der Waals surface area contributed by atoms with Crippen LogP contribution in [0.2, 0.25) is 0 Å². The van der Waals surface area contributed by atoms with Crippen molar-refractivity contribution in [2.24, 2.45) is 14.1 Å². The fraction of sp³-hybridized carbons (Fsp3) is 0.429. The Labute approximate surface area is 173 Å². The molecule has 3 aromatic rings. The second-order valence-corrected chi connectivity index (χ2v) is 7.67. The molecule has 0 amide bonds. The molecule has 0 unspecified atom stereocenters. The van der Waals surface area contributed by atoms with Gasteiger partial charge in [-0.25, -0.2) is 4.79 Å². The zero-order valence-electron chi connectivity index (χ0n) is 17.6. The molecule has 4 rings (SSSR count). The van der Waals surface area contributed by atoms with E-state index in [0.717, 1.165) is 10.1 Å². The minimum absolute atomic E-state index is 0.125. The van der Waals surface area contributed by atoms with Crippen molar-refractivity contribution >= 4 is 22.9 Å². The average molecular weight is 411 g/mol. The fourth-order valence-corrected chi connectivity index (χ4v) is 3.83. The number of ether oxygens (including phenoxy) is 1. The summed E-state index contributed by atoms with van der Waals surface area (Å²) in [5.41, 5.74) is 1.21. The van der Waals surface area contributed by atoms with Crippen LogP contribution in [0.3, 0.4) is 0 Å². The molecule has 1 atom stereocenters. The number of aromatic nitrogens is 4. The summed E-state index contributed by atoms with van der Waals surface area (Å²) in [6.07, 6.45) is 0. The Bertz CT molecular complexity index is 1230. The highest BCUT2D eigenvalue weighted by molar-refractivity contribution is 6.00. The highest BCUT2D eigenvalue weighted by atomic mass is 16.5. The van der Waals surface area contributed by atoms with Gasteiger partial charge >= 0.3 is 5.69 Å². The molecular formula is C21H25N5O4. The number of nitrogens with zero attached hydrogens (tertiary/aromatic N) is 5. The molecule has 0 aliphatic carbocycles. The van der Waals surface area contributed by atoms with Crippen LogP contribution in [-0.2, 0) is 18.8 Å². The van der Waals surface area contributed by atoms with E-state index in [1.165, 1.54) is 11.6 Å². The van der Waals surface area contributed by atoms with Gasteiger partial charge in [-0.2, -0.15) is 4.98 Å². The molecule has 3 heterocycles. The monoisotopic (exact) mass is 411 g/mol. The molecule has 1 aromatic carbocycles. The Morgan fingerprint density at radius 2 is 1.70 bits per heavy atom. The topological polar surface area (TPSA) is 91.4 Å². The predicted octanol–water partition coefficient (Wildman–Crippen LogP) is 1.02. The maximum Gasteiger partial charge on any atom is 0.332 e. The van der Waals surface area contributed by atoms with E-state index >= 15 is 0 Å². The highest BCUT2D eigenvalue weighted by Gasteiger charge is 2.29. The molecule has 0 N–H and O–H groups in total. The lowest BCUT2D eigenvalue weighted by Gasteiger charge is -2.29. The molecule has 0 bridgehead atoms. The van der Waals surface area contributed by atoms with Crippen LogP contribution in [0.1, 0.15) is 28.9 Å². The van der Waals surface area contributed by atoms with E-state index in [9.17, 15) is 14.4 Å². The van der Waals surface area contributed by atoms with Gasteiger partial charge in [-0.15, -0.1) is 0 Å². The molecule has 0 radical (unpaired) electrons. The van der Waals surface area contributed by atoms with Gasteiger partial charge in [-0.05, 0) is 13.8 Å². The number of imidazole rings is 1. The third-order valence-corrected chi connectivity index (χ3v) is 5.67. The van der Waals surface area contributed by atoms with E-state index < -0.39 is 17.3 Å². The number of aryl methyl sites for hydroxylation is 2. The van der Waals surface area contributed by atoms with E-state index in [1.807, 2.05) is 24.0 Å². The molecule has 30 heavy (non-hydrogen) atoms. The second-order valence-electron chi connectivity index (χ2n) is 7.67. The summed E-state index contributed by atoms with van der Waals surface area (Å²) < 4.78 is 9.51. The van der Waals surface area contributed by atoms with Gasteiger partial charge < -0.3 is 9.64 Å². The first kappa shape index (κ1) is 20.1. The molecule has 9 heteroatoms. The van der Waals surface area contributed by atoms with Gasteiger partial charge in [0, 0.05) is 32.7 Å². The molecular weight excluding hydrogens is 386 g/mol. The number of rotatable bonds is 4. The SMILES string of the molecule is Cc1ccc(C(=O)[C@@H](C)n2c(N3CCOCC3)nc3c2c(=O)n(C)c(=O)n3C)cc1. The Kier molecular flexibility index (Phi) is 5.07. The first-order valence-corrected chi connectivity index (χ1v) is 9.92. The number of anilines is 1. The molecule has 1 saturated heterocycles. The number of morpholine rings is 1. The zero-order valence-corrected chi connectivity index (χ0v) is 17.6. The third kappa shape index (κ3) is 3.15. The molecule has 2 aromatic heterocycles. The number of carbonyl (C=O) groups excluding carboxylic acids is 1. The van der Waals surface area contributed by atoms with Crippen LogP contribution in [0.25, 0.3) is 11.2 Å². The van der Waals surface area contributed by atoms with Crippen LogP contribution in [-0.4, -0.2) is 50.8 Å². The van der Waals surface area contributed by atoms with Crippen molar-refractivity contribution < 1.29 is 9.53 Å². The van der Waals surface area contributed by atoms with Crippen molar-refractivity contribution in [3.8, 4) is 0 Å². The summed E-state index contributed by atoms with van der Waals surface area (Å²) in [5.74, 6) is 0.374. The molecule has 1 aliphatic rings. The van der Waals surface area contributed by atoms with Gasteiger partial charge in [0.15, 0.2) is 16.9 Å². The number of benzene rings is 1. The Morgan fingerprint density at radius 3 is 2.33 bits per heavy atom. The molecule has 158 valence electrons. The minimum atomic E-state index is -0.680. The normalized spacial score (nSPS) is 15.5. The quantitative estimate of drug-likeness (QED) is 0.596. The van der Waals surface area contributed by atoms with Gasteiger partial charge in [-0.1, -0.05) is 29.8 Å². The number of Topliss-reactive ketones (excluding diaryl/α,β-unsaturated/α-hetero) is 1. The van der Waals surface area contributed by atoms with Crippen LogP contribution in [0.4, 0.5) is 5.95 Å². The number of hydrogen-bond donors (Lipinski definition) is 0. The summed E-state index contributed by atoms with van der Waals surface area (Å²) in [7, 11) is 3.01. The van der Waals surface area contributed by atoms with E-state index in [-0.39, 0.29) is 16.9 Å². The number of hydrogen-bond acceptors (Lipinski definition) is 6. The highest BCUT2D eigenvalue weighted by Crippen LogP contribution is 2.27. The van der Waals surface area contributed by atoms with E-state index in [1.54, 1.807) is 30.7 Å². The standard InChI is InChI=1S/C21H25N5O4/c1-13-5-7-15(8-6-13)17(27)14(2)26-16-18(23(3)21(29)24(4)19(16)28)22-20(26)25-9-11-30-12-10-25/h5-8,14H,9-12H2,1-4H3/t14-/m1/s1.